The topological polar surface area (TPSA) is 116 Å². The minimum absolute atomic E-state index is 0.0676. The molecule has 0 bridgehead atoms. The molecule has 7 heteroatoms. The van der Waals surface area contributed by atoms with Crippen molar-refractivity contribution < 1.29 is 34.7 Å². The minimum Gasteiger partial charge on any atom is -0.465 e. The van der Waals surface area contributed by atoms with Gasteiger partial charge in [-0.2, -0.15) is 0 Å². The van der Waals surface area contributed by atoms with Crippen molar-refractivity contribution >= 4 is 5.97 Å². The van der Waals surface area contributed by atoms with E-state index in [1.807, 2.05) is 0 Å². The smallest absolute Gasteiger partial charge is 0.366 e. The number of aliphatic hydroxyl groups is 4. The van der Waals surface area contributed by atoms with Gasteiger partial charge in [-0.15, -0.1) is 0 Å². The van der Waals surface area contributed by atoms with Gasteiger partial charge in [0.25, 0.3) is 5.79 Å². The molecule has 0 aromatic carbocycles. The molecule has 1 aliphatic rings. The van der Waals surface area contributed by atoms with Gasteiger partial charge in [0.2, 0.25) is 0 Å². The molecule has 1 rings (SSSR count). The Kier molecular flexibility index (Phi) is 4.84. The van der Waals surface area contributed by atoms with Crippen molar-refractivity contribution in [3.8, 4) is 0 Å². The molecule has 1 heterocycles. The molecule has 1 fully saturated rings. The number of rotatable bonds is 4. The zero-order valence-corrected chi connectivity index (χ0v) is 9.57. The molecular formula is C10H18O7. The number of methoxy groups -OCH3 is 1. The van der Waals surface area contributed by atoms with Crippen LogP contribution in [0.15, 0.2) is 0 Å². The number of aliphatic hydroxyl groups excluding tert-OH is 3. The molecule has 4 N–H and O–H groups in total. The van der Waals surface area contributed by atoms with Crippen LogP contribution in [0, 0.1) is 0 Å². The van der Waals surface area contributed by atoms with Gasteiger partial charge in [-0.3, -0.25) is 0 Å². The van der Waals surface area contributed by atoms with Crippen LogP contribution in [0.2, 0.25) is 0 Å². The molecule has 0 aromatic heterocycles. The number of carbonyl (C=O) groups excluding carboxylic acids is 1. The Balaban J connectivity index is 2.69. The van der Waals surface area contributed by atoms with Crippen molar-refractivity contribution in [2.75, 3.05) is 13.7 Å². The Morgan fingerprint density at radius 2 is 2.24 bits per heavy atom. The highest BCUT2D eigenvalue weighted by Gasteiger charge is 2.46. The number of ether oxygens (including phenoxy) is 2. The lowest BCUT2D eigenvalue weighted by molar-refractivity contribution is -0.275. The van der Waals surface area contributed by atoms with Crippen molar-refractivity contribution in [2.24, 2.45) is 0 Å². The predicted molar refractivity (Wildman–Crippen MR) is 54.8 cm³/mol. The van der Waals surface area contributed by atoms with Crippen LogP contribution in [0.1, 0.15) is 19.3 Å². The van der Waals surface area contributed by atoms with Gasteiger partial charge >= 0.3 is 5.97 Å². The summed E-state index contributed by atoms with van der Waals surface area (Å²) in [6.07, 6.45) is -2.78. The molecular weight excluding hydrogens is 232 g/mol. The highest BCUT2D eigenvalue weighted by atomic mass is 16.7. The van der Waals surface area contributed by atoms with Gasteiger partial charge in [0, 0.05) is 6.42 Å². The SMILES string of the molecule is COC(=O)C1(O)CCCC([C@H](O)[C@H](O)CO)O1. The Hall–Kier alpha value is -0.730. The molecule has 1 saturated heterocycles. The van der Waals surface area contributed by atoms with Crippen LogP contribution in [0.4, 0.5) is 0 Å². The van der Waals surface area contributed by atoms with Crippen molar-refractivity contribution in [1.82, 2.24) is 0 Å². The lowest BCUT2D eigenvalue weighted by atomic mass is 9.96. The van der Waals surface area contributed by atoms with Crippen LogP contribution in [0.5, 0.6) is 0 Å². The third-order valence-electron chi connectivity index (χ3n) is 2.82. The second-order valence-corrected chi connectivity index (χ2v) is 4.07. The summed E-state index contributed by atoms with van der Waals surface area (Å²) in [6, 6.07) is 0. The summed E-state index contributed by atoms with van der Waals surface area (Å²) in [6.45, 7) is -0.627. The second-order valence-electron chi connectivity index (χ2n) is 4.07. The van der Waals surface area contributed by atoms with Crippen LogP contribution in [-0.2, 0) is 14.3 Å². The Bertz CT molecular complexity index is 269. The van der Waals surface area contributed by atoms with Gasteiger partial charge in [-0.1, -0.05) is 0 Å². The van der Waals surface area contributed by atoms with Gasteiger partial charge in [-0.05, 0) is 12.8 Å². The fourth-order valence-electron chi connectivity index (χ4n) is 1.82. The number of hydrogen-bond acceptors (Lipinski definition) is 7. The fourth-order valence-corrected chi connectivity index (χ4v) is 1.82. The van der Waals surface area contributed by atoms with Crippen molar-refractivity contribution in [3.05, 3.63) is 0 Å². The summed E-state index contributed by atoms with van der Waals surface area (Å²) in [7, 11) is 1.12. The maximum absolute atomic E-state index is 11.3. The third-order valence-corrected chi connectivity index (χ3v) is 2.82. The zero-order valence-electron chi connectivity index (χ0n) is 9.57. The second kappa shape index (κ2) is 5.74. The normalized spacial score (nSPS) is 32.9. The van der Waals surface area contributed by atoms with Gasteiger partial charge in [-0.25, -0.2) is 4.79 Å². The number of carbonyl (C=O) groups is 1. The monoisotopic (exact) mass is 250 g/mol. The van der Waals surface area contributed by atoms with Gasteiger partial charge in [0.15, 0.2) is 0 Å². The molecule has 7 nitrogen and oxygen atoms in total. The molecule has 0 amide bonds. The van der Waals surface area contributed by atoms with Crippen LogP contribution >= 0.6 is 0 Å². The number of esters is 1. The summed E-state index contributed by atoms with van der Waals surface area (Å²) in [5, 5.41) is 37.5. The molecule has 0 radical (unpaired) electrons. The van der Waals surface area contributed by atoms with Crippen LogP contribution < -0.4 is 0 Å². The zero-order chi connectivity index (χ0) is 13.1. The summed E-state index contributed by atoms with van der Waals surface area (Å²) in [5.41, 5.74) is 0. The number of hydrogen-bond donors (Lipinski definition) is 4. The first-order valence-electron chi connectivity index (χ1n) is 5.40. The average Bonchev–Trinajstić information content (AvgIpc) is 2.35. The summed E-state index contributed by atoms with van der Waals surface area (Å²) in [5.74, 6) is -3.03. The molecule has 0 spiro atoms. The van der Waals surface area contributed by atoms with E-state index in [2.05, 4.69) is 4.74 Å². The summed E-state index contributed by atoms with van der Waals surface area (Å²) < 4.78 is 9.47. The largest absolute Gasteiger partial charge is 0.465 e. The minimum atomic E-state index is -2.09. The third kappa shape index (κ3) is 3.14. The van der Waals surface area contributed by atoms with E-state index in [0.717, 1.165) is 7.11 Å². The lowest BCUT2D eigenvalue weighted by Crippen LogP contribution is -2.53. The van der Waals surface area contributed by atoms with E-state index in [-0.39, 0.29) is 6.42 Å². The van der Waals surface area contributed by atoms with Crippen molar-refractivity contribution in [3.63, 3.8) is 0 Å². The molecule has 0 aromatic rings. The quantitative estimate of drug-likeness (QED) is 0.432. The molecule has 0 saturated carbocycles. The van der Waals surface area contributed by atoms with Gasteiger partial charge in [0.1, 0.15) is 12.2 Å². The van der Waals surface area contributed by atoms with E-state index >= 15 is 0 Å². The van der Waals surface area contributed by atoms with Crippen LogP contribution in [0.25, 0.3) is 0 Å². The molecule has 100 valence electrons. The lowest BCUT2D eigenvalue weighted by Gasteiger charge is -2.37. The van der Waals surface area contributed by atoms with E-state index in [4.69, 9.17) is 9.84 Å². The Morgan fingerprint density at radius 1 is 1.59 bits per heavy atom. The fraction of sp³-hybridized carbons (Fsp3) is 0.900. The molecule has 0 aliphatic carbocycles. The van der Waals surface area contributed by atoms with Gasteiger partial charge < -0.3 is 29.9 Å². The first-order chi connectivity index (χ1) is 7.94. The first-order valence-corrected chi connectivity index (χ1v) is 5.40. The summed E-state index contributed by atoms with van der Waals surface area (Å²) >= 11 is 0. The van der Waals surface area contributed by atoms with Crippen molar-refractivity contribution in [2.45, 2.75) is 43.4 Å². The first kappa shape index (κ1) is 14.3. The predicted octanol–water partition coefficient (Wildman–Crippen LogP) is -1.87. The highest BCUT2D eigenvalue weighted by molar-refractivity contribution is 5.77. The molecule has 2 unspecified atom stereocenters. The molecule has 17 heavy (non-hydrogen) atoms. The van der Waals surface area contributed by atoms with E-state index in [1.54, 1.807) is 0 Å². The highest BCUT2D eigenvalue weighted by Crippen LogP contribution is 2.29. The van der Waals surface area contributed by atoms with E-state index in [9.17, 15) is 20.1 Å². The molecule has 1 aliphatic heterocycles. The van der Waals surface area contributed by atoms with Gasteiger partial charge in [0.05, 0.1) is 19.8 Å². The van der Waals surface area contributed by atoms with E-state index in [0.29, 0.717) is 12.8 Å². The summed E-state index contributed by atoms with van der Waals surface area (Å²) in [4.78, 5) is 11.3. The maximum atomic E-state index is 11.3. The maximum Gasteiger partial charge on any atom is 0.366 e. The standard InChI is InChI=1S/C10H18O7/c1-16-9(14)10(15)4-2-3-7(17-10)8(13)6(12)5-11/h6-8,11-13,15H,2-5H2,1H3/t6-,7?,8-,10?/m1/s1. The van der Waals surface area contributed by atoms with Crippen LogP contribution in [0.3, 0.4) is 0 Å². The van der Waals surface area contributed by atoms with E-state index in [1.165, 1.54) is 0 Å². The Labute approximate surface area is 98.6 Å². The Morgan fingerprint density at radius 3 is 2.76 bits per heavy atom. The van der Waals surface area contributed by atoms with Crippen LogP contribution in [-0.4, -0.2) is 64.2 Å². The van der Waals surface area contributed by atoms with Crippen molar-refractivity contribution in [1.29, 1.82) is 0 Å². The molecule has 4 atom stereocenters. The average molecular weight is 250 g/mol. The van der Waals surface area contributed by atoms with E-state index < -0.39 is 36.7 Å².